The van der Waals surface area contributed by atoms with E-state index in [2.05, 4.69) is 0 Å². The van der Waals surface area contributed by atoms with Crippen LogP contribution < -0.4 is 0 Å². The number of thioether (sulfide) groups is 1. The Bertz CT molecular complexity index is 592. The molecule has 0 aromatic heterocycles. The predicted octanol–water partition coefficient (Wildman–Crippen LogP) is 4.31. The number of hydrogen-bond donors (Lipinski definition) is 1. The van der Waals surface area contributed by atoms with E-state index in [1.165, 1.54) is 23.9 Å². The lowest BCUT2D eigenvalue weighted by atomic mass is 10.1. The maximum atomic E-state index is 13.7. The Hall–Kier alpha value is -1.10. The summed E-state index contributed by atoms with van der Waals surface area (Å²) in [4.78, 5) is 0.470. The van der Waals surface area contributed by atoms with Crippen LogP contribution in [0.5, 0.6) is 0 Å². The number of rotatable bonds is 5. The second kappa shape index (κ2) is 7.07. The molecule has 0 fully saturated rings. The predicted molar refractivity (Wildman–Crippen MR) is 78.2 cm³/mol. The van der Waals surface area contributed by atoms with Crippen molar-refractivity contribution in [2.45, 2.75) is 17.4 Å². The Kier molecular flexibility index (Phi) is 5.40. The van der Waals surface area contributed by atoms with Crippen molar-refractivity contribution in [3.63, 3.8) is 0 Å². The van der Waals surface area contributed by atoms with Crippen LogP contribution in [0.25, 0.3) is 0 Å². The minimum atomic E-state index is -0.771. The highest BCUT2D eigenvalue weighted by Crippen LogP contribution is 2.24. The second-order valence-corrected chi connectivity index (χ2v) is 5.78. The lowest BCUT2D eigenvalue weighted by Crippen LogP contribution is -2.14. The fraction of sp³-hybridized carbons (Fsp3) is 0.200. The highest BCUT2D eigenvalue weighted by molar-refractivity contribution is 7.99. The first-order valence-electron chi connectivity index (χ1n) is 6.06. The van der Waals surface area contributed by atoms with Gasteiger partial charge in [0.2, 0.25) is 0 Å². The molecule has 2 rings (SSSR count). The third-order valence-corrected chi connectivity index (χ3v) is 4.24. The minimum Gasteiger partial charge on any atom is -0.392 e. The molecule has 0 amide bonds. The topological polar surface area (TPSA) is 20.2 Å². The minimum absolute atomic E-state index is 0.0384. The molecule has 20 heavy (non-hydrogen) atoms. The number of benzene rings is 2. The molecule has 0 bridgehead atoms. The molecule has 1 atom stereocenters. The largest absolute Gasteiger partial charge is 0.392 e. The van der Waals surface area contributed by atoms with E-state index in [1.54, 1.807) is 30.3 Å². The van der Waals surface area contributed by atoms with Crippen molar-refractivity contribution >= 4 is 23.4 Å². The first-order chi connectivity index (χ1) is 9.58. The van der Waals surface area contributed by atoms with Crippen LogP contribution in [0, 0.1) is 11.6 Å². The van der Waals surface area contributed by atoms with Crippen molar-refractivity contribution in [3.8, 4) is 0 Å². The molecule has 1 unspecified atom stereocenters. The molecule has 1 N–H and O–H groups in total. The van der Waals surface area contributed by atoms with Gasteiger partial charge in [0.05, 0.1) is 11.1 Å². The lowest BCUT2D eigenvalue weighted by Gasteiger charge is -2.11. The summed E-state index contributed by atoms with van der Waals surface area (Å²) in [5.74, 6) is -0.546. The molecular formula is C15H13ClF2OS. The first kappa shape index (κ1) is 15.3. The van der Waals surface area contributed by atoms with Crippen LogP contribution in [0.15, 0.2) is 47.4 Å². The Labute approximate surface area is 125 Å². The Morgan fingerprint density at radius 1 is 1.10 bits per heavy atom. The van der Waals surface area contributed by atoms with Crippen LogP contribution in [0.4, 0.5) is 8.78 Å². The smallest absolute Gasteiger partial charge is 0.145 e. The fourth-order valence-electron chi connectivity index (χ4n) is 1.77. The van der Waals surface area contributed by atoms with Gasteiger partial charge in [0.15, 0.2) is 0 Å². The van der Waals surface area contributed by atoms with Crippen molar-refractivity contribution in [1.29, 1.82) is 0 Å². The molecule has 2 aromatic carbocycles. The fourth-order valence-corrected chi connectivity index (χ4v) is 2.83. The van der Waals surface area contributed by atoms with E-state index in [-0.39, 0.29) is 23.0 Å². The Morgan fingerprint density at radius 3 is 2.60 bits per heavy atom. The molecule has 0 saturated heterocycles. The maximum absolute atomic E-state index is 13.7. The monoisotopic (exact) mass is 314 g/mol. The van der Waals surface area contributed by atoms with Crippen LogP contribution in [-0.2, 0) is 6.42 Å². The van der Waals surface area contributed by atoms with Gasteiger partial charge in [-0.15, -0.1) is 11.8 Å². The zero-order valence-electron chi connectivity index (χ0n) is 10.5. The van der Waals surface area contributed by atoms with Gasteiger partial charge in [-0.25, -0.2) is 8.78 Å². The average Bonchev–Trinajstić information content (AvgIpc) is 2.43. The molecule has 0 aliphatic rings. The first-order valence-corrected chi connectivity index (χ1v) is 7.42. The summed E-state index contributed by atoms with van der Waals surface area (Å²) in [6.07, 6.45) is -0.624. The summed E-state index contributed by atoms with van der Waals surface area (Å²) in [7, 11) is 0. The normalized spacial score (nSPS) is 12.4. The molecule has 2 aromatic rings. The molecule has 5 heteroatoms. The standard InChI is InChI=1S/C15H13ClF2OS/c16-12-5-3-4-10(15(12)18)8-11(19)9-20-14-7-2-1-6-13(14)17/h1-7,11,19H,8-9H2. The van der Waals surface area contributed by atoms with Gasteiger partial charge < -0.3 is 5.11 Å². The van der Waals surface area contributed by atoms with Gasteiger partial charge in [-0.2, -0.15) is 0 Å². The molecule has 106 valence electrons. The van der Waals surface area contributed by atoms with Crippen molar-refractivity contribution in [1.82, 2.24) is 0 Å². The third kappa shape index (κ3) is 3.95. The summed E-state index contributed by atoms with van der Waals surface area (Å²) in [6.45, 7) is 0. The molecule has 0 aliphatic heterocycles. The molecule has 0 saturated carbocycles. The molecule has 0 spiro atoms. The van der Waals surface area contributed by atoms with Crippen molar-refractivity contribution in [3.05, 3.63) is 64.7 Å². The quantitative estimate of drug-likeness (QED) is 0.830. The van der Waals surface area contributed by atoms with E-state index in [4.69, 9.17) is 11.6 Å². The van der Waals surface area contributed by atoms with Gasteiger partial charge in [0.1, 0.15) is 11.6 Å². The van der Waals surface area contributed by atoms with Crippen LogP contribution in [0.1, 0.15) is 5.56 Å². The van der Waals surface area contributed by atoms with Gasteiger partial charge >= 0.3 is 0 Å². The van der Waals surface area contributed by atoms with Crippen molar-refractivity contribution < 1.29 is 13.9 Å². The third-order valence-electron chi connectivity index (χ3n) is 2.75. The number of halogens is 3. The zero-order chi connectivity index (χ0) is 14.5. The summed E-state index contributed by atoms with van der Waals surface area (Å²) in [6, 6.07) is 11.0. The van der Waals surface area contributed by atoms with Crippen LogP contribution >= 0.6 is 23.4 Å². The van der Waals surface area contributed by atoms with Gasteiger partial charge in [0, 0.05) is 17.1 Å². The SMILES string of the molecule is OC(CSc1ccccc1F)Cc1cccc(Cl)c1F. The summed E-state index contributed by atoms with van der Waals surface area (Å²) < 4.78 is 27.1. The lowest BCUT2D eigenvalue weighted by molar-refractivity contribution is 0.198. The average molecular weight is 315 g/mol. The highest BCUT2D eigenvalue weighted by Gasteiger charge is 2.13. The molecular weight excluding hydrogens is 302 g/mol. The maximum Gasteiger partial charge on any atom is 0.145 e. The molecule has 0 aliphatic carbocycles. The molecule has 0 radical (unpaired) electrons. The van der Waals surface area contributed by atoms with Crippen LogP contribution in [0.3, 0.4) is 0 Å². The highest BCUT2D eigenvalue weighted by atomic mass is 35.5. The Balaban J connectivity index is 1.94. The van der Waals surface area contributed by atoms with Gasteiger partial charge in [-0.1, -0.05) is 35.9 Å². The van der Waals surface area contributed by atoms with Crippen molar-refractivity contribution in [2.75, 3.05) is 5.75 Å². The van der Waals surface area contributed by atoms with Crippen molar-refractivity contribution in [2.24, 2.45) is 0 Å². The summed E-state index contributed by atoms with van der Waals surface area (Å²) in [5, 5.41) is 9.96. The Morgan fingerprint density at radius 2 is 1.85 bits per heavy atom. The summed E-state index contributed by atoms with van der Waals surface area (Å²) >= 11 is 6.88. The van der Waals surface area contributed by atoms with Gasteiger partial charge in [0.25, 0.3) is 0 Å². The van der Waals surface area contributed by atoms with E-state index >= 15 is 0 Å². The van der Waals surface area contributed by atoms with E-state index in [1.807, 2.05) is 0 Å². The van der Waals surface area contributed by atoms with Gasteiger partial charge in [-0.3, -0.25) is 0 Å². The van der Waals surface area contributed by atoms with Crippen LogP contribution in [-0.4, -0.2) is 17.0 Å². The van der Waals surface area contributed by atoms with E-state index in [0.29, 0.717) is 10.5 Å². The second-order valence-electron chi connectivity index (χ2n) is 4.31. The van der Waals surface area contributed by atoms with Crippen LogP contribution in [0.2, 0.25) is 5.02 Å². The number of aliphatic hydroxyl groups is 1. The number of hydrogen-bond acceptors (Lipinski definition) is 2. The summed E-state index contributed by atoms with van der Waals surface area (Å²) in [5.41, 5.74) is 0.360. The van der Waals surface area contributed by atoms with E-state index in [0.717, 1.165) is 0 Å². The molecule has 0 heterocycles. The molecule has 1 nitrogen and oxygen atoms in total. The number of aliphatic hydroxyl groups excluding tert-OH is 1. The van der Waals surface area contributed by atoms with E-state index in [9.17, 15) is 13.9 Å². The zero-order valence-corrected chi connectivity index (χ0v) is 12.1. The van der Waals surface area contributed by atoms with Gasteiger partial charge in [-0.05, 0) is 23.8 Å². The van der Waals surface area contributed by atoms with E-state index < -0.39 is 11.9 Å².